The molecule has 21 heavy (non-hydrogen) atoms. The van der Waals surface area contributed by atoms with Crippen molar-refractivity contribution < 1.29 is 13.9 Å². The molecule has 1 heterocycles. The molecule has 4 nitrogen and oxygen atoms in total. The average Bonchev–Trinajstić information content (AvgIpc) is 2.71. The third-order valence-corrected chi connectivity index (χ3v) is 3.83. The van der Waals surface area contributed by atoms with Crippen molar-refractivity contribution in [3.63, 3.8) is 0 Å². The third-order valence-electron chi connectivity index (χ3n) is 3.24. The molecular formula is C14H16ClFN2O2S. The molecule has 0 spiro atoms. The number of benzene rings is 1. The van der Waals surface area contributed by atoms with E-state index in [1.54, 1.807) is 4.57 Å². The van der Waals surface area contributed by atoms with Crippen LogP contribution in [0, 0.1) is 16.5 Å². The maximum absolute atomic E-state index is 13.5. The summed E-state index contributed by atoms with van der Waals surface area (Å²) in [7, 11) is 1.33. The Kier molecular flexibility index (Phi) is 4.68. The average molecular weight is 331 g/mol. The third kappa shape index (κ3) is 3.11. The molecule has 0 saturated carbocycles. The number of hydrogen-bond donors (Lipinski definition) is 1. The predicted octanol–water partition coefficient (Wildman–Crippen LogP) is 4.25. The van der Waals surface area contributed by atoms with E-state index in [-0.39, 0.29) is 16.9 Å². The van der Waals surface area contributed by atoms with Crippen molar-refractivity contribution in [1.82, 2.24) is 9.55 Å². The fourth-order valence-electron chi connectivity index (χ4n) is 2.32. The van der Waals surface area contributed by atoms with E-state index in [9.17, 15) is 9.18 Å². The van der Waals surface area contributed by atoms with Crippen molar-refractivity contribution in [3.05, 3.63) is 27.7 Å². The lowest BCUT2D eigenvalue weighted by atomic mass is 10.0. The summed E-state index contributed by atoms with van der Waals surface area (Å²) in [6.45, 7) is 4.00. The lowest BCUT2D eigenvalue weighted by molar-refractivity contribution is -0.145. The van der Waals surface area contributed by atoms with Gasteiger partial charge in [0.15, 0.2) is 4.77 Å². The minimum Gasteiger partial charge on any atom is -0.467 e. The highest BCUT2D eigenvalue weighted by molar-refractivity contribution is 7.71. The minimum absolute atomic E-state index is 0.0154. The van der Waals surface area contributed by atoms with Crippen molar-refractivity contribution in [2.45, 2.75) is 26.3 Å². The molecule has 0 radical (unpaired) electrons. The van der Waals surface area contributed by atoms with E-state index in [2.05, 4.69) is 4.98 Å². The second kappa shape index (κ2) is 6.15. The van der Waals surface area contributed by atoms with Crippen LogP contribution in [-0.4, -0.2) is 22.6 Å². The molecule has 1 atom stereocenters. The standard InChI is InChI=1S/C14H16ClFN2O2S/c1-7(2)4-12(13(19)20-3)18-11-5-8(15)9(16)6-10(11)17-14(18)21/h5-7,12H,4H2,1-3H3,(H,17,21). The van der Waals surface area contributed by atoms with E-state index < -0.39 is 11.9 Å². The second-order valence-electron chi connectivity index (χ2n) is 5.25. The zero-order valence-electron chi connectivity index (χ0n) is 11.9. The van der Waals surface area contributed by atoms with Crippen LogP contribution in [0.15, 0.2) is 12.1 Å². The maximum Gasteiger partial charge on any atom is 0.328 e. The van der Waals surface area contributed by atoms with Gasteiger partial charge in [-0.15, -0.1) is 0 Å². The number of halogens is 2. The highest BCUT2D eigenvalue weighted by Crippen LogP contribution is 2.28. The van der Waals surface area contributed by atoms with Gasteiger partial charge in [-0.2, -0.15) is 0 Å². The van der Waals surface area contributed by atoms with Crippen molar-refractivity contribution >= 4 is 40.8 Å². The fourth-order valence-corrected chi connectivity index (χ4v) is 2.81. The Labute approximate surface area is 131 Å². The monoisotopic (exact) mass is 330 g/mol. The Morgan fingerprint density at radius 1 is 1.52 bits per heavy atom. The Morgan fingerprint density at radius 2 is 2.19 bits per heavy atom. The number of fused-ring (bicyclic) bond motifs is 1. The number of hydrogen-bond acceptors (Lipinski definition) is 3. The number of nitrogens with one attached hydrogen (secondary N) is 1. The molecule has 0 amide bonds. The van der Waals surface area contributed by atoms with E-state index >= 15 is 0 Å². The van der Waals surface area contributed by atoms with Gasteiger partial charge < -0.3 is 14.3 Å². The molecule has 114 valence electrons. The molecule has 7 heteroatoms. The number of nitrogens with zero attached hydrogens (tertiary/aromatic N) is 1. The quantitative estimate of drug-likeness (QED) is 0.673. The number of aromatic nitrogens is 2. The van der Waals surface area contributed by atoms with Crippen molar-refractivity contribution in [3.8, 4) is 0 Å². The molecule has 1 aromatic carbocycles. The van der Waals surface area contributed by atoms with E-state index in [1.165, 1.54) is 19.2 Å². The van der Waals surface area contributed by atoms with Gasteiger partial charge in [0, 0.05) is 6.07 Å². The summed E-state index contributed by atoms with van der Waals surface area (Å²) in [5, 5.41) is -0.0154. The molecule has 1 N–H and O–H groups in total. The highest BCUT2D eigenvalue weighted by atomic mass is 35.5. The Balaban J connectivity index is 2.67. The molecule has 0 aliphatic rings. The summed E-state index contributed by atoms with van der Waals surface area (Å²) < 4.78 is 20.4. The number of rotatable bonds is 4. The number of aromatic amines is 1. The van der Waals surface area contributed by atoms with Crippen LogP contribution < -0.4 is 0 Å². The zero-order valence-corrected chi connectivity index (χ0v) is 13.5. The van der Waals surface area contributed by atoms with Gasteiger partial charge in [0.25, 0.3) is 0 Å². The van der Waals surface area contributed by atoms with Crippen LogP contribution in [0.25, 0.3) is 11.0 Å². The minimum atomic E-state index is -0.572. The molecule has 0 saturated heterocycles. The Bertz CT molecular complexity index is 738. The summed E-state index contributed by atoms with van der Waals surface area (Å²) >= 11 is 11.1. The number of carbonyl (C=O) groups is 1. The maximum atomic E-state index is 13.5. The van der Waals surface area contributed by atoms with E-state index in [0.717, 1.165) is 0 Å². The molecule has 1 aromatic heterocycles. The van der Waals surface area contributed by atoms with Crippen LogP contribution in [0.2, 0.25) is 5.02 Å². The largest absolute Gasteiger partial charge is 0.467 e. The number of methoxy groups -OCH3 is 1. The predicted molar refractivity (Wildman–Crippen MR) is 82.6 cm³/mol. The summed E-state index contributed by atoms with van der Waals surface area (Å²) in [4.78, 5) is 15.0. The lowest BCUT2D eigenvalue weighted by Gasteiger charge is -2.19. The van der Waals surface area contributed by atoms with Crippen molar-refractivity contribution in [2.24, 2.45) is 5.92 Å². The second-order valence-corrected chi connectivity index (χ2v) is 6.05. The summed E-state index contributed by atoms with van der Waals surface area (Å²) in [5.41, 5.74) is 1.09. The van der Waals surface area contributed by atoms with Gasteiger partial charge in [0.2, 0.25) is 0 Å². The number of esters is 1. The van der Waals surface area contributed by atoms with Crippen LogP contribution >= 0.6 is 23.8 Å². The molecule has 0 fully saturated rings. The van der Waals surface area contributed by atoms with Crippen molar-refractivity contribution in [2.75, 3.05) is 7.11 Å². The van der Waals surface area contributed by atoms with E-state index in [0.29, 0.717) is 22.2 Å². The first-order chi connectivity index (χ1) is 9.85. The summed E-state index contributed by atoms with van der Waals surface area (Å²) in [6, 6.07) is 2.17. The smallest absolute Gasteiger partial charge is 0.328 e. The van der Waals surface area contributed by atoms with Crippen LogP contribution in [0.3, 0.4) is 0 Å². The Hall–Kier alpha value is -1.40. The fraction of sp³-hybridized carbons (Fsp3) is 0.429. The van der Waals surface area contributed by atoms with Gasteiger partial charge in [-0.1, -0.05) is 25.4 Å². The number of ether oxygens (including phenoxy) is 1. The molecule has 2 rings (SSSR count). The van der Waals surface area contributed by atoms with Crippen LogP contribution in [0.4, 0.5) is 4.39 Å². The number of H-pyrrole nitrogens is 1. The summed E-state index contributed by atoms with van der Waals surface area (Å²) in [6.07, 6.45) is 0.558. The van der Waals surface area contributed by atoms with E-state index in [1.807, 2.05) is 13.8 Å². The van der Waals surface area contributed by atoms with E-state index in [4.69, 9.17) is 28.6 Å². The summed E-state index contributed by atoms with van der Waals surface area (Å²) in [5.74, 6) is -0.663. The SMILES string of the molecule is COC(=O)C(CC(C)C)n1c(=S)[nH]c2cc(F)c(Cl)cc21. The highest BCUT2D eigenvalue weighted by Gasteiger charge is 2.25. The van der Waals surface area contributed by atoms with Crippen molar-refractivity contribution in [1.29, 1.82) is 0 Å². The van der Waals surface area contributed by atoms with Crippen LogP contribution in [0.1, 0.15) is 26.3 Å². The first-order valence-electron chi connectivity index (χ1n) is 6.52. The normalized spacial score (nSPS) is 12.9. The molecular weight excluding hydrogens is 315 g/mol. The first-order valence-corrected chi connectivity index (χ1v) is 7.30. The zero-order chi connectivity index (χ0) is 15.7. The van der Waals surface area contributed by atoms with Gasteiger partial charge in [0.05, 0.1) is 23.2 Å². The molecule has 2 aromatic rings. The number of carbonyl (C=O) groups excluding carboxylic acids is 1. The lowest BCUT2D eigenvalue weighted by Crippen LogP contribution is -2.22. The molecule has 0 bridgehead atoms. The molecule has 0 aliphatic carbocycles. The van der Waals surface area contributed by atoms with Crippen LogP contribution in [-0.2, 0) is 9.53 Å². The van der Waals surface area contributed by atoms with Gasteiger partial charge in [0.1, 0.15) is 11.9 Å². The van der Waals surface area contributed by atoms with Gasteiger partial charge in [-0.25, -0.2) is 9.18 Å². The van der Waals surface area contributed by atoms with Gasteiger partial charge >= 0.3 is 5.97 Å². The number of imidazole rings is 1. The molecule has 1 unspecified atom stereocenters. The molecule has 0 aliphatic heterocycles. The van der Waals surface area contributed by atoms with Gasteiger partial charge in [-0.3, -0.25) is 0 Å². The Morgan fingerprint density at radius 3 is 2.76 bits per heavy atom. The topological polar surface area (TPSA) is 47.0 Å². The van der Waals surface area contributed by atoms with Crippen LogP contribution in [0.5, 0.6) is 0 Å². The van der Waals surface area contributed by atoms with Gasteiger partial charge in [-0.05, 0) is 30.6 Å². The first kappa shape index (κ1) is 16.0.